The summed E-state index contributed by atoms with van der Waals surface area (Å²) < 4.78 is 0.920. The minimum atomic E-state index is -0.345. The molecule has 0 amide bonds. The average molecular weight is 266 g/mol. The number of rotatable bonds is 1. The first-order valence-electron chi connectivity index (χ1n) is 4.43. The second-order valence-electron chi connectivity index (χ2n) is 3.33. The summed E-state index contributed by atoms with van der Waals surface area (Å²) in [6.45, 7) is 1.85. The number of aryl methyl sites for hydroxylation is 1. The number of hydrogen-bond donors (Lipinski definition) is 0. The van der Waals surface area contributed by atoms with E-state index < -0.39 is 0 Å². The highest BCUT2D eigenvalue weighted by Crippen LogP contribution is 2.33. The van der Waals surface area contributed by atoms with Crippen LogP contribution >= 0.6 is 15.9 Å². The van der Waals surface area contributed by atoms with Crippen LogP contribution < -0.4 is 0 Å². The number of fused-ring (bicyclic) bond motifs is 1. The van der Waals surface area contributed by atoms with Crippen molar-refractivity contribution in [2.45, 2.75) is 6.92 Å². The van der Waals surface area contributed by atoms with Crippen molar-refractivity contribution >= 4 is 32.4 Å². The lowest BCUT2D eigenvalue weighted by molar-refractivity contribution is -0.383. The van der Waals surface area contributed by atoms with Gasteiger partial charge in [0, 0.05) is 15.9 Å². The predicted molar refractivity (Wildman–Crippen MR) is 63.0 cm³/mol. The summed E-state index contributed by atoms with van der Waals surface area (Å²) in [5.74, 6) is 0. The smallest absolute Gasteiger partial charge is 0.258 e. The molecule has 3 nitrogen and oxygen atoms in total. The Balaban J connectivity index is 2.94. The maximum absolute atomic E-state index is 10.9. The largest absolute Gasteiger partial charge is 0.277 e. The van der Waals surface area contributed by atoms with E-state index in [9.17, 15) is 10.1 Å². The van der Waals surface area contributed by atoms with Crippen LogP contribution in [0.2, 0.25) is 0 Å². The predicted octanol–water partition coefficient (Wildman–Crippen LogP) is 3.82. The Labute approximate surface area is 95.0 Å². The molecular formula is C11H8BrNO2. The first-order chi connectivity index (χ1) is 7.11. The number of non-ortho nitro benzene ring substituents is 1. The molecule has 2 rings (SSSR count). The maximum Gasteiger partial charge on any atom is 0.277 e. The molecule has 0 fully saturated rings. The van der Waals surface area contributed by atoms with Crippen molar-refractivity contribution in [3.05, 3.63) is 50.5 Å². The summed E-state index contributed by atoms with van der Waals surface area (Å²) in [6.07, 6.45) is 0. The fourth-order valence-electron chi connectivity index (χ4n) is 1.61. The molecule has 76 valence electrons. The quantitative estimate of drug-likeness (QED) is 0.581. The van der Waals surface area contributed by atoms with E-state index in [0.29, 0.717) is 5.39 Å². The van der Waals surface area contributed by atoms with E-state index in [1.807, 2.05) is 19.1 Å². The number of nitro benzene ring substituents is 1. The fourth-order valence-corrected chi connectivity index (χ4v) is 2.07. The standard InChI is InChI=1S/C11H8BrNO2/c1-7-6-10(13(14)15)8-4-2-3-5-9(8)11(7)12/h2-6H,1H3. The van der Waals surface area contributed by atoms with Gasteiger partial charge in [0.05, 0.1) is 10.3 Å². The molecule has 2 aromatic rings. The molecule has 0 aliphatic rings. The van der Waals surface area contributed by atoms with E-state index in [0.717, 1.165) is 15.4 Å². The zero-order chi connectivity index (χ0) is 11.0. The topological polar surface area (TPSA) is 43.1 Å². The Kier molecular flexibility index (Phi) is 2.44. The van der Waals surface area contributed by atoms with Crippen LogP contribution in [0.15, 0.2) is 34.8 Å². The lowest BCUT2D eigenvalue weighted by Gasteiger charge is -2.04. The lowest BCUT2D eigenvalue weighted by Crippen LogP contribution is -1.91. The summed E-state index contributed by atoms with van der Waals surface area (Å²) in [7, 11) is 0. The van der Waals surface area contributed by atoms with Crippen LogP contribution in [0.25, 0.3) is 10.8 Å². The molecule has 0 saturated heterocycles. The molecule has 0 aliphatic carbocycles. The third-order valence-electron chi connectivity index (χ3n) is 2.34. The summed E-state index contributed by atoms with van der Waals surface area (Å²) in [6, 6.07) is 8.90. The van der Waals surface area contributed by atoms with Gasteiger partial charge in [-0.3, -0.25) is 10.1 Å². The molecule has 0 bridgehead atoms. The van der Waals surface area contributed by atoms with Gasteiger partial charge >= 0.3 is 0 Å². The molecule has 0 heterocycles. The van der Waals surface area contributed by atoms with Gasteiger partial charge in [-0.25, -0.2) is 0 Å². The van der Waals surface area contributed by atoms with Crippen molar-refractivity contribution in [3.8, 4) is 0 Å². The summed E-state index contributed by atoms with van der Waals surface area (Å²) in [5, 5.41) is 12.4. The van der Waals surface area contributed by atoms with Crippen molar-refractivity contribution < 1.29 is 4.92 Å². The molecule has 0 aliphatic heterocycles. The van der Waals surface area contributed by atoms with Crippen LogP contribution in [0, 0.1) is 17.0 Å². The van der Waals surface area contributed by atoms with Gasteiger partial charge in [-0.2, -0.15) is 0 Å². The van der Waals surface area contributed by atoms with E-state index in [1.54, 1.807) is 18.2 Å². The van der Waals surface area contributed by atoms with Crippen LogP contribution in [0.4, 0.5) is 5.69 Å². The van der Waals surface area contributed by atoms with Crippen molar-refractivity contribution in [3.63, 3.8) is 0 Å². The average Bonchev–Trinajstić information content (AvgIpc) is 2.23. The molecule has 0 aromatic heterocycles. The number of hydrogen-bond acceptors (Lipinski definition) is 2. The molecule has 0 atom stereocenters. The normalized spacial score (nSPS) is 10.5. The second-order valence-corrected chi connectivity index (χ2v) is 4.12. The van der Waals surface area contributed by atoms with Gasteiger partial charge in [-0.1, -0.05) is 18.2 Å². The molecule has 0 N–H and O–H groups in total. The Bertz CT molecular complexity index is 552. The van der Waals surface area contributed by atoms with E-state index in [-0.39, 0.29) is 10.6 Å². The van der Waals surface area contributed by atoms with Gasteiger partial charge in [0.2, 0.25) is 0 Å². The minimum absolute atomic E-state index is 0.159. The lowest BCUT2D eigenvalue weighted by atomic mass is 10.1. The SMILES string of the molecule is Cc1cc([N+](=O)[O-])c2ccccc2c1Br. The highest BCUT2D eigenvalue weighted by atomic mass is 79.9. The fraction of sp³-hybridized carbons (Fsp3) is 0.0909. The Hall–Kier alpha value is -1.42. The molecule has 0 unspecified atom stereocenters. The zero-order valence-corrected chi connectivity index (χ0v) is 9.61. The van der Waals surface area contributed by atoms with E-state index in [4.69, 9.17) is 0 Å². The molecule has 2 aromatic carbocycles. The van der Waals surface area contributed by atoms with Gasteiger partial charge in [-0.05, 0) is 34.5 Å². The van der Waals surface area contributed by atoms with Crippen molar-refractivity contribution in [2.24, 2.45) is 0 Å². The third-order valence-corrected chi connectivity index (χ3v) is 3.39. The number of benzene rings is 2. The van der Waals surface area contributed by atoms with Crippen molar-refractivity contribution in [2.75, 3.05) is 0 Å². The van der Waals surface area contributed by atoms with E-state index in [2.05, 4.69) is 15.9 Å². The molecule has 0 saturated carbocycles. The first-order valence-corrected chi connectivity index (χ1v) is 5.23. The molecular weight excluding hydrogens is 258 g/mol. The van der Waals surface area contributed by atoms with E-state index in [1.165, 1.54) is 0 Å². The van der Waals surface area contributed by atoms with Crippen LogP contribution in [0.1, 0.15) is 5.56 Å². The van der Waals surface area contributed by atoms with Crippen LogP contribution in [-0.2, 0) is 0 Å². The van der Waals surface area contributed by atoms with E-state index >= 15 is 0 Å². The Morgan fingerprint density at radius 2 is 1.87 bits per heavy atom. The number of nitrogens with zero attached hydrogens (tertiary/aromatic N) is 1. The van der Waals surface area contributed by atoms with Crippen LogP contribution in [0.3, 0.4) is 0 Å². The van der Waals surface area contributed by atoms with Gasteiger partial charge in [0.1, 0.15) is 0 Å². The molecule has 0 radical (unpaired) electrons. The van der Waals surface area contributed by atoms with Crippen molar-refractivity contribution in [1.29, 1.82) is 0 Å². The molecule has 0 spiro atoms. The van der Waals surface area contributed by atoms with Crippen LogP contribution in [0.5, 0.6) is 0 Å². The monoisotopic (exact) mass is 265 g/mol. The highest BCUT2D eigenvalue weighted by Gasteiger charge is 2.14. The zero-order valence-electron chi connectivity index (χ0n) is 8.03. The van der Waals surface area contributed by atoms with Crippen LogP contribution in [-0.4, -0.2) is 4.92 Å². The number of halogens is 1. The molecule has 4 heteroatoms. The first kappa shape index (κ1) is 10.1. The third kappa shape index (κ3) is 1.61. The van der Waals surface area contributed by atoms with Gasteiger partial charge in [0.15, 0.2) is 0 Å². The summed E-state index contributed by atoms with van der Waals surface area (Å²) in [5.41, 5.74) is 1.03. The van der Waals surface area contributed by atoms with Crippen molar-refractivity contribution in [1.82, 2.24) is 0 Å². The highest BCUT2D eigenvalue weighted by molar-refractivity contribution is 9.10. The summed E-state index contributed by atoms with van der Waals surface area (Å²) >= 11 is 3.44. The second kappa shape index (κ2) is 3.62. The van der Waals surface area contributed by atoms with Gasteiger partial charge < -0.3 is 0 Å². The summed E-state index contributed by atoms with van der Waals surface area (Å²) in [4.78, 5) is 10.5. The maximum atomic E-state index is 10.9. The molecule has 15 heavy (non-hydrogen) atoms. The minimum Gasteiger partial charge on any atom is -0.258 e. The van der Waals surface area contributed by atoms with Gasteiger partial charge in [0.25, 0.3) is 5.69 Å². The van der Waals surface area contributed by atoms with Gasteiger partial charge in [-0.15, -0.1) is 0 Å². The number of nitro groups is 1. The Morgan fingerprint density at radius 3 is 2.47 bits per heavy atom. The Morgan fingerprint density at radius 1 is 1.27 bits per heavy atom.